The van der Waals surface area contributed by atoms with Gasteiger partial charge in [-0.15, -0.1) is 11.8 Å². The SMILES string of the molecule is CCCC(=O)Nc1ccccc1[C@@H]1SCC(=O)N1c1ccc(C)cc1. The average molecular weight is 354 g/mol. The Kier molecular flexibility index (Phi) is 5.43. The number of benzene rings is 2. The van der Waals surface area contributed by atoms with Crippen molar-refractivity contribution in [3.63, 3.8) is 0 Å². The summed E-state index contributed by atoms with van der Waals surface area (Å²) in [7, 11) is 0. The van der Waals surface area contributed by atoms with Gasteiger partial charge in [0.15, 0.2) is 0 Å². The first-order valence-electron chi connectivity index (χ1n) is 8.49. The van der Waals surface area contributed by atoms with Gasteiger partial charge in [-0.05, 0) is 31.5 Å². The molecule has 3 rings (SSSR count). The summed E-state index contributed by atoms with van der Waals surface area (Å²) < 4.78 is 0. The quantitative estimate of drug-likeness (QED) is 0.859. The van der Waals surface area contributed by atoms with Crippen molar-refractivity contribution in [1.82, 2.24) is 0 Å². The first-order valence-corrected chi connectivity index (χ1v) is 9.54. The molecular weight excluding hydrogens is 332 g/mol. The summed E-state index contributed by atoms with van der Waals surface area (Å²) in [5.41, 5.74) is 3.79. The third-order valence-corrected chi connectivity index (χ3v) is 5.35. The number of hydrogen-bond donors (Lipinski definition) is 1. The second kappa shape index (κ2) is 7.74. The number of thioether (sulfide) groups is 1. The summed E-state index contributed by atoms with van der Waals surface area (Å²) >= 11 is 1.59. The van der Waals surface area contributed by atoms with Gasteiger partial charge in [-0.25, -0.2) is 0 Å². The molecule has 1 N–H and O–H groups in total. The summed E-state index contributed by atoms with van der Waals surface area (Å²) in [5.74, 6) is 0.537. The molecule has 0 saturated carbocycles. The van der Waals surface area contributed by atoms with Crippen LogP contribution in [0.5, 0.6) is 0 Å². The molecule has 4 nitrogen and oxygen atoms in total. The van der Waals surface area contributed by atoms with Gasteiger partial charge in [0.2, 0.25) is 11.8 Å². The molecular formula is C20H22N2O2S. The van der Waals surface area contributed by atoms with Crippen molar-refractivity contribution in [2.75, 3.05) is 16.0 Å². The van der Waals surface area contributed by atoms with E-state index in [1.807, 2.05) is 67.3 Å². The van der Waals surface area contributed by atoms with E-state index in [9.17, 15) is 9.59 Å². The molecule has 2 aromatic rings. The lowest BCUT2D eigenvalue weighted by molar-refractivity contribution is -0.116. The first kappa shape index (κ1) is 17.5. The maximum Gasteiger partial charge on any atom is 0.238 e. The van der Waals surface area contributed by atoms with E-state index in [4.69, 9.17) is 0 Å². The fourth-order valence-corrected chi connectivity index (χ4v) is 4.12. The Balaban J connectivity index is 1.93. The molecule has 5 heteroatoms. The maximum atomic E-state index is 12.5. The van der Waals surface area contributed by atoms with Crippen molar-refractivity contribution < 1.29 is 9.59 Å². The Morgan fingerprint density at radius 3 is 2.64 bits per heavy atom. The van der Waals surface area contributed by atoms with E-state index in [0.717, 1.165) is 28.9 Å². The number of nitrogens with zero attached hydrogens (tertiary/aromatic N) is 1. The molecule has 2 aromatic carbocycles. The molecule has 1 saturated heterocycles. The highest BCUT2D eigenvalue weighted by Gasteiger charge is 2.35. The number of para-hydroxylation sites is 1. The first-order chi connectivity index (χ1) is 12.1. The van der Waals surface area contributed by atoms with Crippen LogP contribution in [0, 0.1) is 6.92 Å². The minimum absolute atomic E-state index is 0.00570. The van der Waals surface area contributed by atoms with E-state index in [2.05, 4.69) is 5.32 Å². The van der Waals surface area contributed by atoms with Crippen LogP contribution < -0.4 is 10.2 Å². The van der Waals surface area contributed by atoms with Crippen molar-refractivity contribution in [2.24, 2.45) is 0 Å². The van der Waals surface area contributed by atoms with Crippen LogP contribution in [0.2, 0.25) is 0 Å². The lowest BCUT2D eigenvalue weighted by Gasteiger charge is -2.26. The van der Waals surface area contributed by atoms with Crippen molar-refractivity contribution in [2.45, 2.75) is 32.1 Å². The Hall–Kier alpha value is -2.27. The van der Waals surface area contributed by atoms with E-state index in [1.54, 1.807) is 11.8 Å². The van der Waals surface area contributed by atoms with Crippen LogP contribution in [-0.4, -0.2) is 17.6 Å². The number of aryl methyl sites for hydroxylation is 1. The summed E-state index contributed by atoms with van der Waals surface area (Å²) in [4.78, 5) is 26.4. The molecule has 1 aliphatic heterocycles. The smallest absolute Gasteiger partial charge is 0.238 e. The van der Waals surface area contributed by atoms with Crippen LogP contribution >= 0.6 is 11.8 Å². The molecule has 1 atom stereocenters. The van der Waals surface area contributed by atoms with Crippen LogP contribution in [-0.2, 0) is 9.59 Å². The number of hydrogen-bond acceptors (Lipinski definition) is 3. The van der Waals surface area contributed by atoms with Gasteiger partial charge in [0.1, 0.15) is 5.37 Å². The van der Waals surface area contributed by atoms with Gasteiger partial charge in [0.05, 0.1) is 5.75 Å². The van der Waals surface area contributed by atoms with Crippen molar-refractivity contribution >= 4 is 35.0 Å². The second-order valence-electron chi connectivity index (χ2n) is 6.15. The number of carbonyl (C=O) groups excluding carboxylic acids is 2. The van der Waals surface area contributed by atoms with Crippen LogP contribution in [0.1, 0.15) is 36.3 Å². The molecule has 1 aliphatic rings. The zero-order valence-electron chi connectivity index (χ0n) is 14.5. The molecule has 0 bridgehead atoms. The highest BCUT2D eigenvalue weighted by Crippen LogP contribution is 2.44. The minimum Gasteiger partial charge on any atom is -0.326 e. The van der Waals surface area contributed by atoms with Crippen LogP contribution in [0.3, 0.4) is 0 Å². The average Bonchev–Trinajstić information content (AvgIpc) is 2.98. The van der Waals surface area contributed by atoms with E-state index >= 15 is 0 Å². The molecule has 0 radical (unpaired) electrons. The Morgan fingerprint density at radius 1 is 1.20 bits per heavy atom. The highest BCUT2D eigenvalue weighted by molar-refractivity contribution is 8.00. The van der Waals surface area contributed by atoms with E-state index in [-0.39, 0.29) is 17.2 Å². The van der Waals surface area contributed by atoms with Crippen LogP contribution in [0.25, 0.3) is 0 Å². The van der Waals surface area contributed by atoms with Gasteiger partial charge in [0.25, 0.3) is 0 Å². The van der Waals surface area contributed by atoms with Gasteiger partial charge in [-0.3, -0.25) is 14.5 Å². The largest absolute Gasteiger partial charge is 0.326 e. The minimum atomic E-state index is -0.131. The molecule has 0 aromatic heterocycles. The van der Waals surface area contributed by atoms with Gasteiger partial charge in [-0.1, -0.05) is 42.8 Å². The van der Waals surface area contributed by atoms with Gasteiger partial charge >= 0.3 is 0 Å². The third kappa shape index (κ3) is 3.87. The predicted octanol–water partition coefficient (Wildman–Crippen LogP) is 4.51. The molecule has 0 aliphatic carbocycles. The molecule has 0 unspecified atom stereocenters. The number of amides is 2. The van der Waals surface area contributed by atoms with Gasteiger partial charge < -0.3 is 5.32 Å². The second-order valence-corrected chi connectivity index (χ2v) is 7.22. The van der Waals surface area contributed by atoms with Crippen molar-refractivity contribution in [3.05, 3.63) is 59.7 Å². The van der Waals surface area contributed by atoms with E-state index in [0.29, 0.717) is 12.2 Å². The molecule has 1 fully saturated rings. The normalized spacial score (nSPS) is 17.0. The fraction of sp³-hybridized carbons (Fsp3) is 0.300. The lowest BCUT2D eigenvalue weighted by Crippen LogP contribution is -2.28. The van der Waals surface area contributed by atoms with Gasteiger partial charge in [-0.2, -0.15) is 0 Å². The van der Waals surface area contributed by atoms with Crippen molar-refractivity contribution in [1.29, 1.82) is 0 Å². The molecule has 2 amide bonds. The van der Waals surface area contributed by atoms with Crippen LogP contribution in [0.4, 0.5) is 11.4 Å². The summed E-state index contributed by atoms with van der Waals surface area (Å²) in [6.45, 7) is 4.01. The monoisotopic (exact) mass is 354 g/mol. The topological polar surface area (TPSA) is 49.4 Å². The number of carbonyl (C=O) groups is 2. The summed E-state index contributed by atoms with van der Waals surface area (Å²) in [6.07, 6.45) is 1.30. The standard InChI is InChI=1S/C20H22N2O2S/c1-3-6-18(23)21-17-8-5-4-7-16(17)20-22(19(24)13-25-20)15-11-9-14(2)10-12-15/h4-5,7-12,20H,3,6,13H2,1-2H3,(H,21,23)/t20-/m0/s1. The van der Waals surface area contributed by atoms with Gasteiger partial charge in [0, 0.05) is 23.4 Å². The zero-order chi connectivity index (χ0) is 17.8. The molecule has 130 valence electrons. The molecule has 25 heavy (non-hydrogen) atoms. The maximum absolute atomic E-state index is 12.5. The van der Waals surface area contributed by atoms with Crippen molar-refractivity contribution in [3.8, 4) is 0 Å². The Morgan fingerprint density at radius 2 is 1.92 bits per heavy atom. The number of rotatable bonds is 5. The fourth-order valence-electron chi connectivity index (χ4n) is 2.90. The molecule has 0 spiro atoms. The predicted molar refractivity (Wildman–Crippen MR) is 104 cm³/mol. The molecule has 1 heterocycles. The summed E-state index contributed by atoms with van der Waals surface area (Å²) in [6, 6.07) is 15.7. The van der Waals surface area contributed by atoms with Crippen LogP contribution in [0.15, 0.2) is 48.5 Å². The lowest BCUT2D eigenvalue weighted by atomic mass is 10.1. The third-order valence-electron chi connectivity index (χ3n) is 4.16. The number of nitrogens with one attached hydrogen (secondary N) is 1. The summed E-state index contributed by atoms with van der Waals surface area (Å²) in [5, 5.41) is 2.86. The number of anilines is 2. The van der Waals surface area contributed by atoms with E-state index < -0.39 is 0 Å². The zero-order valence-corrected chi connectivity index (χ0v) is 15.3. The highest BCUT2D eigenvalue weighted by atomic mass is 32.2. The Labute approximate surface area is 152 Å². The van der Waals surface area contributed by atoms with E-state index in [1.165, 1.54) is 0 Å². The Bertz CT molecular complexity index is 774.